The maximum absolute atomic E-state index is 2.37. The van der Waals surface area contributed by atoms with E-state index in [1.165, 1.54) is 57.8 Å². The minimum Gasteiger partial charge on any atom is -0.0885 e. The molecule has 0 N–H and O–H groups in total. The second kappa shape index (κ2) is 12.2. The summed E-state index contributed by atoms with van der Waals surface area (Å²) in [5.41, 5.74) is 0. The average molecular weight is 238 g/mol. The van der Waals surface area contributed by atoms with Crippen molar-refractivity contribution in [3.8, 4) is 0 Å². The highest BCUT2D eigenvalue weighted by molar-refractivity contribution is 4.82. The van der Waals surface area contributed by atoms with Crippen molar-refractivity contribution in [3.05, 3.63) is 12.2 Å². The second-order valence-corrected chi connectivity index (χ2v) is 6.19. The smallest absolute Gasteiger partial charge is 0.0327 e. The van der Waals surface area contributed by atoms with Crippen LogP contribution >= 0.6 is 0 Å². The Morgan fingerprint density at radius 2 is 1.24 bits per heavy atom. The lowest BCUT2D eigenvalue weighted by Crippen LogP contribution is -1.87. The second-order valence-electron chi connectivity index (χ2n) is 6.19. The Hall–Kier alpha value is -0.260. The van der Waals surface area contributed by atoms with Crippen molar-refractivity contribution < 1.29 is 0 Å². The van der Waals surface area contributed by atoms with Crippen LogP contribution in [-0.2, 0) is 0 Å². The highest BCUT2D eigenvalue weighted by Gasteiger charge is 1.94. The van der Waals surface area contributed by atoms with Crippen molar-refractivity contribution in [2.75, 3.05) is 0 Å². The third-order valence-electron chi connectivity index (χ3n) is 3.18. The van der Waals surface area contributed by atoms with Gasteiger partial charge in [0.15, 0.2) is 0 Å². The van der Waals surface area contributed by atoms with Crippen molar-refractivity contribution >= 4 is 0 Å². The molecule has 0 aromatic rings. The van der Waals surface area contributed by atoms with E-state index in [4.69, 9.17) is 0 Å². The lowest BCUT2D eigenvalue weighted by Gasteiger charge is -2.03. The molecule has 0 rings (SSSR count). The van der Waals surface area contributed by atoms with Gasteiger partial charge in [-0.3, -0.25) is 0 Å². The molecular formula is C17H34. The third kappa shape index (κ3) is 15.7. The fourth-order valence-corrected chi connectivity index (χ4v) is 2.01. The molecule has 102 valence electrons. The summed E-state index contributed by atoms with van der Waals surface area (Å²) in [4.78, 5) is 0. The Morgan fingerprint density at radius 3 is 1.82 bits per heavy atom. The molecule has 0 spiro atoms. The molecule has 0 heteroatoms. The van der Waals surface area contributed by atoms with Gasteiger partial charge in [0.1, 0.15) is 0 Å². The van der Waals surface area contributed by atoms with Crippen LogP contribution in [0, 0.1) is 11.8 Å². The van der Waals surface area contributed by atoms with Crippen LogP contribution in [-0.4, -0.2) is 0 Å². The predicted molar refractivity (Wildman–Crippen MR) is 80.4 cm³/mol. The van der Waals surface area contributed by atoms with Crippen LogP contribution in [0.5, 0.6) is 0 Å². The van der Waals surface area contributed by atoms with E-state index in [0.29, 0.717) is 0 Å². The predicted octanol–water partition coefficient (Wildman–Crippen LogP) is 6.37. The summed E-state index contributed by atoms with van der Waals surface area (Å²) in [6, 6.07) is 0. The van der Waals surface area contributed by atoms with E-state index < -0.39 is 0 Å². The quantitative estimate of drug-likeness (QED) is 0.290. The van der Waals surface area contributed by atoms with Gasteiger partial charge in [-0.15, -0.1) is 0 Å². The van der Waals surface area contributed by atoms with Crippen LogP contribution in [0.1, 0.15) is 85.5 Å². The minimum atomic E-state index is 0.812. The van der Waals surface area contributed by atoms with E-state index in [1.807, 2.05) is 0 Å². The van der Waals surface area contributed by atoms with Crippen LogP contribution < -0.4 is 0 Å². The first-order valence-corrected chi connectivity index (χ1v) is 7.78. The fourth-order valence-electron chi connectivity index (χ4n) is 2.01. The van der Waals surface area contributed by atoms with Crippen molar-refractivity contribution in [2.45, 2.75) is 85.5 Å². The fraction of sp³-hybridized carbons (Fsp3) is 0.882. The summed E-state index contributed by atoms with van der Waals surface area (Å²) in [7, 11) is 0. The Morgan fingerprint density at radius 1 is 0.647 bits per heavy atom. The molecule has 0 bridgehead atoms. The van der Waals surface area contributed by atoms with E-state index in [2.05, 4.69) is 39.8 Å². The Kier molecular flexibility index (Phi) is 12.0. The van der Waals surface area contributed by atoms with Gasteiger partial charge in [0.2, 0.25) is 0 Å². The Bertz CT molecular complexity index is 165. The molecule has 0 saturated carbocycles. The minimum absolute atomic E-state index is 0.812. The molecule has 0 aliphatic carbocycles. The lowest BCUT2D eigenvalue weighted by molar-refractivity contribution is 0.512. The molecule has 0 unspecified atom stereocenters. The van der Waals surface area contributed by atoms with E-state index >= 15 is 0 Å². The van der Waals surface area contributed by atoms with E-state index in [-0.39, 0.29) is 0 Å². The molecule has 0 saturated heterocycles. The zero-order chi connectivity index (χ0) is 12.9. The summed E-state index contributed by atoms with van der Waals surface area (Å²) >= 11 is 0. The number of rotatable bonds is 11. The van der Waals surface area contributed by atoms with Crippen LogP contribution in [0.4, 0.5) is 0 Å². The Labute approximate surface area is 110 Å². The van der Waals surface area contributed by atoms with Crippen LogP contribution in [0.3, 0.4) is 0 Å². The van der Waals surface area contributed by atoms with Gasteiger partial charge >= 0.3 is 0 Å². The number of unbranched alkanes of at least 4 members (excludes halogenated alkanes) is 6. The number of hydrogen-bond donors (Lipinski definition) is 0. The van der Waals surface area contributed by atoms with Crippen LogP contribution in [0.25, 0.3) is 0 Å². The molecule has 0 aliphatic rings. The number of allylic oxidation sites excluding steroid dienone is 2. The van der Waals surface area contributed by atoms with Gasteiger partial charge in [0.25, 0.3) is 0 Å². The van der Waals surface area contributed by atoms with Crippen molar-refractivity contribution in [1.29, 1.82) is 0 Å². The van der Waals surface area contributed by atoms with Gasteiger partial charge in [-0.25, -0.2) is 0 Å². The largest absolute Gasteiger partial charge is 0.0885 e. The van der Waals surface area contributed by atoms with Gasteiger partial charge < -0.3 is 0 Å². The van der Waals surface area contributed by atoms with Gasteiger partial charge in [0.05, 0.1) is 0 Å². The summed E-state index contributed by atoms with van der Waals surface area (Å²) in [5.74, 6) is 1.70. The average Bonchev–Trinajstić information content (AvgIpc) is 2.25. The zero-order valence-electron chi connectivity index (χ0n) is 12.7. The summed E-state index contributed by atoms with van der Waals surface area (Å²) < 4.78 is 0. The molecule has 0 fully saturated rings. The molecule has 0 radical (unpaired) electrons. The van der Waals surface area contributed by atoms with Crippen LogP contribution in [0.15, 0.2) is 12.2 Å². The molecule has 17 heavy (non-hydrogen) atoms. The van der Waals surface area contributed by atoms with E-state index in [9.17, 15) is 0 Å². The maximum Gasteiger partial charge on any atom is -0.0327 e. The highest BCUT2D eigenvalue weighted by atomic mass is 14.0. The topological polar surface area (TPSA) is 0 Å². The Balaban J connectivity index is 3.06. The van der Waals surface area contributed by atoms with Crippen molar-refractivity contribution in [2.24, 2.45) is 11.8 Å². The van der Waals surface area contributed by atoms with E-state index in [1.54, 1.807) is 0 Å². The molecule has 0 aliphatic heterocycles. The monoisotopic (exact) mass is 238 g/mol. The standard InChI is InChI=1S/C17H34/c1-16(2)14-12-10-8-6-5-7-9-11-13-15-17(3)4/h10,12,16-17H,5-9,11,13-15H2,1-4H3/b12-10-. The summed E-state index contributed by atoms with van der Waals surface area (Å²) in [6.07, 6.45) is 17.3. The van der Waals surface area contributed by atoms with Crippen LogP contribution in [0.2, 0.25) is 0 Å². The molecule has 0 amide bonds. The van der Waals surface area contributed by atoms with Gasteiger partial charge in [0, 0.05) is 0 Å². The van der Waals surface area contributed by atoms with Crippen molar-refractivity contribution in [3.63, 3.8) is 0 Å². The highest BCUT2D eigenvalue weighted by Crippen LogP contribution is 2.12. The molecule has 0 nitrogen and oxygen atoms in total. The van der Waals surface area contributed by atoms with Gasteiger partial charge in [-0.05, 0) is 31.1 Å². The molecule has 0 aromatic heterocycles. The first kappa shape index (κ1) is 16.7. The molecule has 0 heterocycles. The molecular weight excluding hydrogens is 204 g/mol. The van der Waals surface area contributed by atoms with Gasteiger partial charge in [-0.2, -0.15) is 0 Å². The molecule has 0 aromatic carbocycles. The zero-order valence-corrected chi connectivity index (χ0v) is 12.7. The molecule has 0 atom stereocenters. The lowest BCUT2D eigenvalue weighted by atomic mass is 10.0. The van der Waals surface area contributed by atoms with Crippen molar-refractivity contribution in [1.82, 2.24) is 0 Å². The summed E-state index contributed by atoms with van der Waals surface area (Å²) in [5, 5.41) is 0. The normalized spacial score (nSPS) is 12.1. The maximum atomic E-state index is 2.37. The first-order chi connectivity index (χ1) is 8.13. The first-order valence-electron chi connectivity index (χ1n) is 7.78. The van der Waals surface area contributed by atoms with E-state index in [0.717, 1.165) is 11.8 Å². The third-order valence-corrected chi connectivity index (χ3v) is 3.18. The number of hydrogen-bond acceptors (Lipinski definition) is 0. The summed E-state index contributed by atoms with van der Waals surface area (Å²) in [6.45, 7) is 9.20. The SMILES string of the molecule is CC(C)C/C=C\CCCCCCCCC(C)C. The van der Waals surface area contributed by atoms with Gasteiger partial charge in [-0.1, -0.05) is 78.4 Å².